The molecule has 2 amide bonds. The summed E-state index contributed by atoms with van der Waals surface area (Å²) in [6.07, 6.45) is 3.17. The number of carbonyl (C=O) groups excluding carboxylic acids is 3. The fourth-order valence-corrected chi connectivity index (χ4v) is 5.78. The van der Waals surface area contributed by atoms with Gasteiger partial charge < -0.3 is 14.9 Å². The Balaban J connectivity index is 1.39. The third-order valence-electron chi connectivity index (χ3n) is 5.03. The minimum Gasteiger partial charge on any atom is -0.463 e. The number of ether oxygens (including phenoxy) is 1. The number of oxime groups is 1. The average Bonchev–Trinajstić information content (AvgIpc) is 3.53. The number of hydrogen-bond acceptors (Lipinski definition) is 11. The van der Waals surface area contributed by atoms with E-state index in [4.69, 9.17) is 9.57 Å². The molecule has 0 bridgehead atoms. The smallest absolute Gasteiger partial charge is 0.347 e. The van der Waals surface area contributed by atoms with E-state index < -0.39 is 24.5 Å². The van der Waals surface area contributed by atoms with Crippen LogP contribution in [0.5, 0.6) is 0 Å². The fourth-order valence-electron chi connectivity index (χ4n) is 3.31. The van der Waals surface area contributed by atoms with E-state index in [2.05, 4.69) is 36.1 Å². The lowest BCUT2D eigenvalue weighted by atomic mass is 10.0. The number of nitrogens with one attached hydrogen (secondary N) is 3. The van der Waals surface area contributed by atoms with Gasteiger partial charge in [0.25, 0.3) is 11.8 Å². The minimum absolute atomic E-state index is 0.157. The maximum absolute atomic E-state index is 12.9. The zero-order chi connectivity index (χ0) is 24.1. The summed E-state index contributed by atoms with van der Waals surface area (Å²) in [5.74, 6) is -0.0305. The van der Waals surface area contributed by atoms with Gasteiger partial charge in [0.2, 0.25) is 6.61 Å². The average molecular weight is 507 g/mol. The van der Waals surface area contributed by atoms with E-state index in [-0.39, 0.29) is 29.3 Å². The molecular formula is C19H22N8O5S2. The van der Waals surface area contributed by atoms with Gasteiger partial charge in [-0.2, -0.15) is 5.10 Å². The zero-order valence-electron chi connectivity index (χ0n) is 18.3. The van der Waals surface area contributed by atoms with Gasteiger partial charge in [-0.3, -0.25) is 24.7 Å². The number of fused-ring (bicyclic) bond motifs is 1. The Kier molecular flexibility index (Phi) is 7.52. The highest BCUT2D eigenvalue weighted by Crippen LogP contribution is 2.41. The number of carbonyl (C=O) groups is 3. The van der Waals surface area contributed by atoms with Crippen molar-refractivity contribution in [2.75, 3.05) is 24.7 Å². The SMILES string of the molecule is CCOC(=O)CO/N=C(\C(=O)N[C@@H]1C(=O)N2C(C)=C(CSc3cnn[nH]3)CS[C@H]12)c1cc[nH]n1. The Bertz CT molecular complexity index is 1100. The summed E-state index contributed by atoms with van der Waals surface area (Å²) in [5, 5.41) is 23.9. The van der Waals surface area contributed by atoms with Crippen LogP contribution in [-0.4, -0.2) is 90.1 Å². The summed E-state index contributed by atoms with van der Waals surface area (Å²) in [7, 11) is 0. The predicted octanol–water partition coefficient (Wildman–Crippen LogP) is 0.278. The monoisotopic (exact) mass is 506 g/mol. The third-order valence-corrected chi connectivity index (χ3v) is 7.37. The molecule has 0 unspecified atom stereocenters. The van der Waals surface area contributed by atoms with Crippen LogP contribution < -0.4 is 5.32 Å². The summed E-state index contributed by atoms with van der Waals surface area (Å²) >= 11 is 3.14. The van der Waals surface area contributed by atoms with Gasteiger partial charge in [0.15, 0.2) is 5.71 Å². The molecule has 0 radical (unpaired) electrons. The van der Waals surface area contributed by atoms with Gasteiger partial charge in [-0.05, 0) is 25.5 Å². The zero-order valence-corrected chi connectivity index (χ0v) is 19.9. The van der Waals surface area contributed by atoms with Crippen LogP contribution in [0, 0.1) is 0 Å². The van der Waals surface area contributed by atoms with Crippen LogP contribution >= 0.6 is 23.5 Å². The molecule has 13 nitrogen and oxygen atoms in total. The number of aromatic amines is 2. The second-order valence-corrected chi connectivity index (χ2v) is 9.26. The van der Waals surface area contributed by atoms with Crippen molar-refractivity contribution in [1.82, 2.24) is 35.8 Å². The topological polar surface area (TPSA) is 168 Å². The molecule has 0 spiro atoms. The number of nitrogens with zero attached hydrogens (tertiary/aromatic N) is 5. The van der Waals surface area contributed by atoms with Crippen LogP contribution in [0.4, 0.5) is 0 Å². The Labute approximate surface area is 202 Å². The Hall–Kier alpha value is -3.33. The van der Waals surface area contributed by atoms with Crippen molar-refractivity contribution < 1.29 is 24.0 Å². The molecule has 2 aliphatic rings. The van der Waals surface area contributed by atoms with Gasteiger partial charge in [-0.25, -0.2) is 4.79 Å². The molecule has 2 aromatic rings. The second-order valence-electron chi connectivity index (χ2n) is 7.14. The lowest BCUT2D eigenvalue weighted by Crippen LogP contribution is -2.70. The Morgan fingerprint density at radius 1 is 1.44 bits per heavy atom. The molecular weight excluding hydrogens is 484 g/mol. The number of allylic oxidation sites excluding steroid dienone is 1. The molecule has 1 fully saturated rings. The lowest BCUT2D eigenvalue weighted by molar-refractivity contribution is -0.148. The summed E-state index contributed by atoms with van der Waals surface area (Å²) in [6, 6.07) is 0.815. The number of hydrogen-bond donors (Lipinski definition) is 3. The van der Waals surface area contributed by atoms with Gasteiger partial charge >= 0.3 is 5.97 Å². The largest absolute Gasteiger partial charge is 0.463 e. The normalized spacial score (nSPS) is 20.0. The number of thioether (sulfide) groups is 2. The molecule has 34 heavy (non-hydrogen) atoms. The molecule has 0 saturated carbocycles. The first-order valence-electron chi connectivity index (χ1n) is 10.3. The van der Waals surface area contributed by atoms with Crippen molar-refractivity contribution in [3.8, 4) is 0 Å². The minimum atomic E-state index is -0.715. The van der Waals surface area contributed by atoms with Crippen molar-refractivity contribution in [3.63, 3.8) is 0 Å². The van der Waals surface area contributed by atoms with Crippen molar-refractivity contribution in [1.29, 1.82) is 0 Å². The van der Waals surface area contributed by atoms with Crippen LogP contribution in [0.1, 0.15) is 19.5 Å². The predicted molar refractivity (Wildman–Crippen MR) is 123 cm³/mol. The summed E-state index contributed by atoms with van der Waals surface area (Å²) in [6.45, 7) is 3.32. The van der Waals surface area contributed by atoms with Crippen LogP contribution in [0.2, 0.25) is 0 Å². The number of amides is 2. The van der Waals surface area contributed by atoms with Crippen LogP contribution in [0.25, 0.3) is 0 Å². The first kappa shape index (κ1) is 23.8. The summed E-state index contributed by atoms with van der Waals surface area (Å²) in [5.41, 5.74) is 2.07. The van der Waals surface area contributed by atoms with Crippen LogP contribution in [0.3, 0.4) is 0 Å². The number of rotatable bonds is 10. The van der Waals surface area contributed by atoms with Crippen molar-refractivity contribution >= 4 is 47.0 Å². The number of esters is 1. The molecule has 3 N–H and O–H groups in total. The fraction of sp³-hybridized carbons (Fsp3) is 0.421. The van der Waals surface area contributed by atoms with E-state index in [9.17, 15) is 14.4 Å². The van der Waals surface area contributed by atoms with Crippen molar-refractivity contribution in [2.24, 2.45) is 5.16 Å². The molecule has 2 aromatic heterocycles. The molecule has 0 aliphatic carbocycles. The second kappa shape index (κ2) is 10.7. The first-order valence-corrected chi connectivity index (χ1v) is 12.3. The van der Waals surface area contributed by atoms with Crippen molar-refractivity contribution in [3.05, 3.63) is 35.4 Å². The Morgan fingerprint density at radius 2 is 2.29 bits per heavy atom. The molecule has 4 heterocycles. The molecule has 1 saturated heterocycles. The highest BCUT2D eigenvalue weighted by atomic mass is 32.2. The molecule has 2 atom stereocenters. The summed E-state index contributed by atoms with van der Waals surface area (Å²) < 4.78 is 4.77. The van der Waals surface area contributed by atoms with Crippen LogP contribution in [-0.2, 0) is 24.0 Å². The number of aromatic nitrogens is 5. The molecule has 2 aliphatic heterocycles. The third kappa shape index (κ3) is 5.09. The van der Waals surface area contributed by atoms with E-state index in [1.165, 1.54) is 12.3 Å². The van der Waals surface area contributed by atoms with E-state index in [0.717, 1.165) is 22.0 Å². The maximum atomic E-state index is 12.9. The van der Waals surface area contributed by atoms with Gasteiger partial charge in [0.05, 0.1) is 12.8 Å². The van der Waals surface area contributed by atoms with E-state index in [1.807, 2.05) is 6.92 Å². The van der Waals surface area contributed by atoms with E-state index >= 15 is 0 Å². The highest BCUT2D eigenvalue weighted by molar-refractivity contribution is 8.01. The number of β-lactam (4-membered cyclic amide) rings is 1. The number of H-pyrrole nitrogens is 2. The standard InChI is InChI=1S/C19H22N8O5S2/c1-3-31-14(28)7-32-25-15(12-4-5-20-23-12)17(29)22-16-18(30)27-10(2)11(9-34-19(16)27)8-33-13-6-21-26-24-13/h4-6,16,19H,3,7-9H2,1-2H3,(H,20,23)(H,22,29)(H,21,24,26)/b25-15-/t16-,19-/m1/s1. The molecule has 0 aromatic carbocycles. The van der Waals surface area contributed by atoms with E-state index in [0.29, 0.717) is 5.75 Å². The van der Waals surface area contributed by atoms with E-state index in [1.54, 1.807) is 41.5 Å². The van der Waals surface area contributed by atoms with Gasteiger partial charge in [0.1, 0.15) is 22.1 Å². The molecule has 4 rings (SSSR count). The first-order chi connectivity index (χ1) is 16.5. The van der Waals surface area contributed by atoms with Crippen molar-refractivity contribution in [2.45, 2.75) is 30.3 Å². The lowest BCUT2D eigenvalue weighted by Gasteiger charge is -2.50. The molecule has 180 valence electrons. The van der Waals surface area contributed by atoms with Gasteiger partial charge in [0, 0.05) is 23.4 Å². The van der Waals surface area contributed by atoms with Gasteiger partial charge in [-0.1, -0.05) is 10.4 Å². The Morgan fingerprint density at radius 3 is 3.00 bits per heavy atom. The highest BCUT2D eigenvalue weighted by Gasteiger charge is 2.51. The quantitative estimate of drug-likeness (QED) is 0.134. The maximum Gasteiger partial charge on any atom is 0.347 e. The molecule has 15 heteroatoms. The van der Waals surface area contributed by atoms with Gasteiger partial charge in [-0.15, -0.1) is 28.6 Å². The van der Waals surface area contributed by atoms with Crippen LogP contribution in [0.15, 0.2) is 39.9 Å². The summed E-state index contributed by atoms with van der Waals surface area (Å²) in [4.78, 5) is 44.0.